The number of carbonyl (C=O) groups is 1. The lowest BCUT2D eigenvalue weighted by Crippen LogP contribution is -2.38. The van der Waals surface area contributed by atoms with Crippen LogP contribution in [0.5, 0.6) is 0 Å². The van der Waals surface area contributed by atoms with Gasteiger partial charge in [0.15, 0.2) is 0 Å². The van der Waals surface area contributed by atoms with Crippen LogP contribution >= 0.6 is 0 Å². The van der Waals surface area contributed by atoms with Crippen LogP contribution in [0.25, 0.3) is 0 Å². The van der Waals surface area contributed by atoms with Gasteiger partial charge in [0.2, 0.25) is 5.91 Å². The van der Waals surface area contributed by atoms with Crippen LogP contribution in [0.3, 0.4) is 0 Å². The minimum atomic E-state index is -0.219. The normalized spacial score (nSPS) is 24.0. The molecule has 22 heavy (non-hydrogen) atoms. The van der Waals surface area contributed by atoms with E-state index in [0.29, 0.717) is 13.0 Å². The van der Waals surface area contributed by atoms with Crippen molar-refractivity contribution in [3.63, 3.8) is 0 Å². The first-order valence-electron chi connectivity index (χ1n) is 7.92. The summed E-state index contributed by atoms with van der Waals surface area (Å²) >= 11 is 0. The van der Waals surface area contributed by atoms with Gasteiger partial charge in [0, 0.05) is 31.5 Å². The number of fused-ring (bicyclic) bond motifs is 1. The SMILES string of the molecule is O=C(Cn1nc2n(c1=O)CCCCC2)N[C@@H]1C=C[C@H](CO)C1. The molecule has 0 unspecified atom stereocenters. The summed E-state index contributed by atoms with van der Waals surface area (Å²) in [5, 5.41) is 16.3. The average molecular weight is 306 g/mol. The van der Waals surface area contributed by atoms with Crippen molar-refractivity contribution in [3.05, 3.63) is 28.5 Å². The third-order valence-electron chi connectivity index (χ3n) is 4.33. The number of carbonyl (C=O) groups excluding carboxylic acids is 1. The Morgan fingerprint density at radius 1 is 1.36 bits per heavy atom. The zero-order valence-corrected chi connectivity index (χ0v) is 12.6. The van der Waals surface area contributed by atoms with E-state index in [2.05, 4.69) is 10.4 Å². The van der Waals surface area contributed by atoms with Crippen molar-refractivity contribution < 1.29 is 9.90 Å². The molecular weight excluding hydrogens is 284 g/mol. The Labute approximate surface area is 128 Å². The molecule has 1 aromatic rings. The fourth-order valence-corrected chi connectivity index (χ4v) is 3.13. The van der Waals surface area contributed by atoms with Crippen LogP contribution < -0.4 is 11.0 Å². The van der Waals surface area contributed by atoms with E-state index in [4.69, 9.17) is 5.11 Å². The van der Waals surface area contributed by atoms with Crippen molar-refractivity contribution in [1.29, 1.82) is 0 Å². The number of aliphatic hydroxyl groups is 1. The topological polar surface area (TPSA) is 89.2 Å². The Bertz CT molecular complexity index is 631. The van der Waals surface area contributed by atoms with Gasteiger partial charge in [-0.15, -0.1) is 0 Å². The average Bonchev–Trinajstić information content (AvgIpc) is 2.97. The number of aliphatic hydroxyl groups excluding tert-OH is 1. The molecule has 2 heterocycles. The Morgan fingerprint density at radius 2 is 2.23 bits per heavy atom. The van der Waals surface area contributed by atoms with E-state index >= 15 is 0 Å². The van der Waals surface area contributed by atoms with Gasteiger partial charge in [0.25, 0.3) is 0 Å². The van der Waals surface area contributed by atoms with Crippen LogP contribution in [0.15, 0.2) is 16.9 Å². The standard InChI is InChI=1S/C15H22N4O3/c20-10-11-5-6-12(8-11)16-14(21)9-19-15(22)18-7-3-1-2-4-13(18)17-19/h5-6,11-12,20H,1-4,7-10H2,(H,16,21)/t11-,12+/m0/s1. The smallest absolute Gasteiger partial charge is 0.346 e. The number of nitrogens with one attached hydrogen (secondary N) is 1. The van der Waals surface area contributed by atoms with Crippen LogP contribution in [0, 0.1) is 5.92 Å². The highest BCUT2D eigenvalue weighted by Crippen LogP contribution is 2.16. The first-order chi connectivity index (χ1) is 10.7. The van der Waals surface area contributed by atoms with Gasteiger partial charge in [-0.1, -0.05) is 18.6 Å². The summed E-state index contributed by atoms with van der Waals surface area (Å²) in [4.78, 5) is 24.4. The number of aromatic nitrogens is 3. The molecule has 0 radical (unpaired) electrons. The van der Waals surface area contributed by atoms with Gasteiger partial charge in [-0.05, 0) is 19.3 Å². The van der Waals surface area contributed by atoms with E-state index in [9.17, 15) is 9.59 Å². The maximum Gasteiger partial charge on any atom is 0.346 e. The number of rotatable bonds is 4. The molecular formula is C15H22N4O3. The minimum absolute atomic E-state index is 0.0486. The van der Waals surface area contributed by atoms with E-state index in [0.717, 1.165) is 31.5 Å². The second-order valence-corrected chi connectivity index (χ2v) is 6.06. The molecule has 120 valence electrons. The molecule has 2 aliphatic rings. The molecule has 0 aromatic carbocycles. The zero-order valence-electron chi connectivity index (χ0n) is 12.6. The van der Waals surface area contributed by atoms with Gasteiger partial charge in [0.05, 0.1) is 0 Å². The first kappa shape index (κ1) is 15.0. The maximum absolute atomic E-state index is 12.3. The van der Waals surface area contributed by atoms with Crippen LogP contribution in [0.1, 0.15) is 31.5 Å². The lowest BCUT2D eigenvalue weighted by molar-refractivity contribution is -0.122. The van der Waals surface area contributed by atoms with Crippen molar-refractivity contribution in [2.24, 2.45) is 5.92 Å². The van der Waals surface area contributed by atoms with E-state index in [-0.39, 0.29) is 36.7 Å². The number of hydrogen-bond donors (Lipinski definition) is 2. The predicted molar refractivity (Wildman–Crippen MR) is 80.3 cm³/mol. The van der Waals surface area contributed by atoms with E-state index in [1.165, 1.54) is 4.68 Å². The third-order valence-corrected chi connectivity index (χ3v) is 4.33. The fourth-order valence-electron chi connectivity index (χ4n) is 3.13. The zero-order chi connectivity index (χ0) is 15.5. The van der Waals surface area contributed by atoms with Crippen LogP contribution in [-0.2, 0) is 24.3 Å². The molecule has 1 aliphatic heterocycles. The summed E-state index contributed by atoms with van der Waals surface area (Å²) in [7, 11) is 0. The fraction of sp³-hybridized carbons (Fsp3) is 0.667. The van der Waals surface area contributed by atoms with Crippen molar-refractivity contribution in [2.75, 3.05) is 6.61 Å². The molecule has 0 saturated carbocycles. The number of nitrogens with zero attached hydrogens (tertiary/aromatic N) is 3. The molecule has 2 atom stereocenters. The number of amides is 1. The van der Waals surface area contributed by atoms with Gasteiger partial charge in [-0.3, -0.25) is 9.36 Å². The molecule has 0 bridgehead atoms. The third kappa shape index (κ3) is 3.14. The quantitative estimate of drug-likeness (QED) is 0.756. The molecule has 1 amide bonds. The molecule has 0 spiro atoms. The van der Waals surface area contributed by atoms with Gasteiger partial charge in [0.1, 0.15) is 12.4 Å². The summed E-state index contributed by atoms with van der Waals surface area (Å²) in [6, 6.07) is -0.0687. The van der Waals surface area contributed by atoms with Gasteiger partial charge in [-0.25, -0.2) is 9.48 Å². The molecule has 3 rings (SSSR count). The van der Waals surface area contributed by atoms with Crippen LogP contribution in [-0.4, -0.2) is 38.0 Å². The van der Waals surface area contributed by atoms with Gasteiger partial charge >= 0.3 is 5.69 Å². The highest BCUT2D eigenvalue weighted by Gasteiger charge is 2.21. The number of aryl methyl sites for hydroxylation is 1. The van der Waals surface area contributed by atoms with Gasteiger partial charge < -0.3 is 10.4 Å². The first-order valence-corrected chi connectivity index (χ1v) is 7.92. The van der Waals surface area contributed by atoms with Crippen molar-refractivity contribution in [1.82, 2.24) is 19.7 Å². The van der Waals surface area contributed by atoms with E-state index < -0.39 is 0 Å². The Balaban J connectivity index is 1.63. The van der Waals surface area contributed by atoms with Crippen molar-refractivity contribution in [3.8, 4) is 0 Å². The summed E-state index contributed by atoms with van der Waals surface area (Å²) in [6.45, 7) is 0.738. The molecule has 0 fully saturated rings. The van der Waals surface area contributed by atoms with Crippen LogP contribution in [0.4, 0.5) is 0 Å². The molecule has 1 aliphatic carbocycles. The molecule has 0 saturated heterocycles. The Morgan fingerprint density at radius 3 is 3.00 bits per heavy atom. The molecule has 1 aromatic heterocycles. The second-order valence-electron chi connectivity index (χ2n) is 6.06. The summed E-state index contributed by atoms with van der Waals surface area (Å²) in [5.41, 5.74) is -0.192. The van der Waals surface area contributed by atoms with E-state index in [1.807, 2.05) is 12.2 Å². The second kappa shape index (κ2) is 6.48. The number of hydrogen-bond acceptors (Lipinski definition) is 4. The Kier molecular flexibility index (Phi) is 4.42. The van der Waals surface area contributed by atoms with Crippen molar-refractivity contribution >= 4 is 5.91 Å². The maximum atomic E-state index is 12.3. The molecule has 7 nitrogen and oxygen atoms in total. The lowest BCUT2D eigenvalue weighted by Gasteiger charge is -2.12. The van der Waals surface area contributed by atoms with Gasteiger partial charge in [-0.2, -0.15) is 5.10 Å². The van der Waals surface area contributed by atoms with Crippen LogP contribution in [0.2, 0.25) is 0 Å². The van der Waals surface area contributed by atoms with Crippen molar-refractivity contribution in [2.45, 2.75) is 51.2 Å². The molecule has 2 N–H and O–H groups in total. The summed E-state index contributed by atoms with van der Waals surface area (Å²) in [6.07, 6.45) is 8.45. The minimum Gasteiger partial charge on any atom is -0.396 e. The van der Waals surface area contributed by atoms with E-state index in [1.54, 1.807) is 4.57 Å². The monoisotopic (exact) mass is 306 g/mol. The highest BCUT2D eigenvalue weighted by molar-refractivity contribution is 5.76. The Hall–Kier alpha value is -1.89. The lowest BCUT2D eigenvalue weighted by atomic mass is 10.1. The predicted octanol–water partition coefficient (Wildman–Crippen LogP) is -0.176. The summed E-state index contributed by atoms with van der Waals surface area (Å²) < 4.78 is 2.95. The largest absolute Gasteiger partial charge is 0.396 e. The molecule has 7 heteroatoms. The summed E-state index contributed by atoms with van der Waals surface area (Å²) in [5.74, 6) is 0.677. The highest BCUT2D eigenvalue weighted by atomic mass is 16.3.